The molecule has 0 aliphatic heterocycles. The molecule has 0 radical (unpaired) electrons. The van der Waals surface area contributed by atoms with E-state index in [1.807, 2.05) is 0 Å². The number of carbonyl (C=O) groups is 2. The lowest BCUT2D eigenvalue weighted by Gasteiger charge is -2.33. The molecule has 234 valence electrons. The molecule has 2 atom stereocenters. The molecule has 2 heterocycles. The number of alkyl halides is 5. The summed E-state index contributed by atoms with van der Waals surface area (Å²) in [5.74, 6) is -3.91. The summed E-state index contributed by atoms with van der Waals surface area (Å²) in [4.78, 5) is 30.2. The van der Waals surface area contributed by atoms with Crippen LogP contribution in [0.2, 0.25) is 0 Å². The minimum absolute atomic E-state index is 0.112. The Hall–Kier alpha value is -3.50. The molecule has 2 aromatic rings. The minimum Gasteiger partial charge on any atom is -0.444 e. The molecule has 2 aromatic heterocycles. The van der Waals surface area contributed by atoms with Gasteiger partial charge in [0.2, 0.25) is 11.8 Å². The van der Waals surface area contributed by atoms with E-state index < -0.39 is 59.0 Å². The fourth-order valence-electron chi connectivity index (χ4n) is 5.85. The van der Waals surface area contributed by atoms with Crippen LogP contribution in [-0.4, -0.2) is 44.3 Å². The van der Waals surface area contributed by atoms with Crippen LogP contribution in [0.5, 0.6) is 0 Å². The number of alkyl carbamates (subject to hydrolysis) is 1. The van der Waals surface area contributed by atoms with Gasteiger partial charge in [0.05, 0.1) is 47.1 Å². The van der Waals surface area contributed by atoms with Crippen LogP contribution in [0.1, 0.15) is 102 Å². The van der Waals surface area contributed by atoms with E-state index in [2.05, 4.69) is 26.8 Å². The van der Waals surface area contributed by atoms with E-state index in [1.165, 1.54) is 10.7 Å². The Labute approximate surface area is 245 Å². The lowest BCUT2D eigenvalue weighted by Crippen LogP contribution is -2.40. The summed E-state index contributed by atoms with van der Waals surface area (Å²) >= 11 is 0. The zero-order chi connectivity index (χ0) is 31.4. The highest BCUT2D eigenvalue weighted by molar-refractivity contribution is 5.78. The number of nitrogens with zero attached hydrogens (tertiary/aromatic N) is 4. The predicted molar refractivity (Wildman–Crippen MR) is 143 cm³/mol. The summed E-state index contributed by atoms with van der Waals surface area (Å²) < 4.78 is 75.2. The van der Waals surface area contributed by atoms with Crippen molar-refractivity contribution in [1.29, 1.82) is 5.26 Å². The number of ether oxygens (including phenoxy) is 1. The molecule has 2 N–H and O–H groups in total. The second kappa shape index (κ2) is 10.6. The van der Waals surface area contributed by atoms with Crippen LogP contribution < -0.4 is 10.6 Å². The first kappa shape index (κ1) is 30.9. The summed E-state index contributed by atoms with van der Waals surface area (Å²) in [6, 6.07) is 2.15. The Morgan fingerprint density at radius 1 is 1.12 bits per heavy atom. The number of hydrogen-bond donors (Lipinski definition) is 2. The lowest BCUT2D eigenvalue weighted by molar-refractivity contribution is -0.190. The summed E-state index contributed by atoms with van der Waals surface area (Å²) in [5.41, 5.74) is -2.72. The average molecular weight is 611 g/mol. The van der Waals surface area contributed by atoms with E-state index in [0.29, 0.717) is 29.7 Å². The number of aromatic nitrogens is 3. The third kappa shape index (κ3) is 6.70. The quantitative estimate of drug-likeness (QED) is 0.338. The molecule has 9 nitrogen and oxygen atoms in total. The third-order valence-corrected chi connectivity index (χ3v) is 8.74. The monoisotopic (exact) mass is 610 g/mol. The molecule has 5 rings (SSSR count). The summed E-state index contributed by atoms with van der Waals surface area (Å²) in [7, 11) is 0. The van der Waals surface area contributed by atoms with Crippen molar-refractivity contribution in [2.75, 3.05) is 0 Å². The topological polar surface area (TPSA) is 121 Å². The van der Waals surface area contributed by atoms with Gasteiger partial charge in [0.1, 0.15) is 5.60 Å². The van der Waals surface area contributed by atoms with Crippen molar-refractivity contribution < 1.29 is 36.3 Å². The van der Waals surface area contributed by atoms with Crippen LogP contribution in [0.4, 0.5) is 26.7 Å². The van der Waals surface area contributed by atoms with E-state index in [0.717, 1.165) is 0 Å². The summed E-state index contributed by atoms with van der Waals surface area (Å²) in [6.07, 6.45) is -2.59. The Bertz CT molecular complexity index is 1420. The van der Waals surface area contributed by atoms with Gasteiger partial charge in [-0.1, -0.05) is 0 Å². The number of fused-ring (bicyclic) bond motifs is 1. The van der Waals surface area contributed by atoms with Gasteiger partial charge in [-0.05, 0) is 76.8 Å². The van der Waals surface area contributed by atoms with Crippen molar-refractivity contribution in [3.8, 4) is 6.07 Å². The van der Waals surface area contributed by atoms with E-state index in [1.54, 1.807) is 33.0 Å². The zero-order valence-corrected chi connectivity index (χ0v) is 24.2. The molecule has 0 saturated heterocycles. The molecule has 3 fully saturated rings. The van der Waals surface area contributed by atoms with Crippen LogP contribution in [0, 0.1) is 28.1 Å². The average Bonchev–Trinajstić information content (AvgIpc) is 3.81. The Morgan fingerprint density at radius 2 is 1.77 bits per heavy atom. The van der Waals surface area contributed by atoms with Gasteiger partial charge in [0, 0.05) is 19.3 Å². The van der Waals surface area contributed by atoms with Gasteiger partial charge in [-0.15, -0.1) is 0 Å². The maximum atomic E-state index is 13.9. The fourth-order valence-corrected chi connectivity index (χ4v) is 5.85. The van der Waals surface area contributed by atoms with Crippen molar-refractivity contribution in [3.63, 3.8) is 0 Å². The summed E-state index contributed by atoms with van der Waals surface area (Å²) in [5, 5.41) is 19.7. The van der Waals surface area contributed by atoms with E-state index in [-0.39, 0.29) is 44.4 Å². The van der Waals surface area contributed by atoms with Gasteiger partial charge in [-0.25, -0.2) is 23.1 Å². The molecule has 3 aliphatic rings. The zero-order valence-electron chi connectivity index (χ0n) is 24.2. The molecule has 43 heavy (non-hydrogen) atoms. The molecule has 0 aromatic carbocycles. The van der Waals surface area contributed by atoms with Crippen LogP contribution in [0.25, 0.3) is 5.65 Å². The largest absolute Gasteiger partial charge is 0.444 e. The number of amides is 2. The molecular weight excluding hydrogens is 575 g/mol. The first-order chi connectivity index (χ1) is 19.9. The normalized spacial score (nSPS) is 22.2. The van der Waals surface area contributed by atoms with Gasteiger partial charge < -0.3 is 15.4 Å². The highest BCUT2D eigenvalue weighted by Gasteiger charge is 2.64. The first-order valence-corrected chi connectivity index (χ1v) is 14.4. The molecule has 0 bridgehead atoms. The second-order valence-electron chi connectivity index (χ2n) is 13.3. The van der Waals surface area contributed by atoms with Crippen LogP contribution in [-0.2, 0) is 9.53 Å². The van der Waals surface area contributed by atoms with Gasteiger partial charge in [0.15, 0.2) is 5.65 Å². The van der Waals surface area contributed by atoms with Crippen LogP contribution in [0.15, 0.2) is 18.5 Å². The molecule has 14 heteroatoms. The van der Waals surface area contributed by atoms with E-state index in [4.69, 9.17) is 4.74 Å². The molecule has 3 saturated carbocycles. The van der Waals surface area contributed by atoms with Crippen molar-refractivity contribution in [3.05, 3.63) is 29.7 Å². The minimum atomic E-state index is -4.49. The Kier molecular flexibility index (Phi) is 7.62. The number of imidazole rings is 1. The van der Waals surface area contributed by atoms with Gasteiger partial charge in [-0.2, -0.15) is 23.5 Å². The number of nitriles is 1. The van der Waals surface area contributed by atoms with Gasteiger partial charge in [0.25, 0.3) is 0 Å². The smallest absolute Gasteiger partial charge is 0.408 e. The standard InChI is InChI=1S/C29H35F5N6O3/c1-25(2,3)43-24(42)39-22(17-4-6-28(30,31)7-5-17)19-15-40-20(37-19)12-18(14-36-40)23(26(16-35)8-9-26)38-21(41)13-27(10-11-27)29(32,33)34/h12,14-15,17,22-23H,4-11,13H2,1-3H3,(H,38,41)(H,39,42)/t22-,23-/m0/s1. The van der Waals surface area contributed by atoms with Gasteiger partial charge in [-0.3, -0.25) is 4.79 Å². The second-order valence-corrected chi connectivity index (χ2v) is 13.3. The molecule has 0 unspecified atom stereocenters. The van der Waals surface area contributed by atoms with E-state index in [9.17, 15) is 36.8 Å². The molecular formula is C29H35F5N6O3. The van der Waals surface area contributed by atoms with Crippen molar-refractivity contribution in [1.82, 2.24) is 25.2 Å². The highest BCUT2D eigenvalue weighted by Crippen LogP contribution is 2.60. The van der Waals surface area contributed by atoms with Crippen LogP contribution >= 0.6 is 0 Å². The SMILES string of the molecule is CC(C)(C)OC(=O)N[C@H](c1cn2ncc([C@H](NC(=O)CC3(C(F)(F)F)CC3)C3(C#N)CC3)cc2n1)C1CCC(F)(F)CC1. The molecule has 0 spiro atoms. The van der Waals surface area contributed by atoms with Gasteiger partial charge >= 0.3 is 12.3 Å². The van der Waals surface area contributed by atoms with E-state index >= 15 is 0 Å². The van der Waals surface area contributed by atoms with Crippen molar-refractivity contribution >= 4 is 17.6 Å². The Balaban J connectivity index is 1.42. The van der Waals surface area contributed by atoms with Crippen LogP contribution in [0.3, 0.4) is 0 Å². The van der Waals surface area contributed by atoms with Crippen molar-refractivity contribution in [2.24, 2.45) is 16.7 Å². The highest BCUT2D eigenvalue weighted by atomic mass is 19.4. The Morgan fingerprint density at radius 3 is 2.30 bits per heavy atom. The van der Waals surface area contributed by atoms with Crippen molar-refractivity contribution in [2.45, 2.75) is 108 Å². The maximum Gasteiger partial charge on any atom is 0.408 e. The first-order valence-electron chi connectivity index (χ1n) is 14.4. The maximum absolute atomic E-state index is 13.9. The number of carbonyl (C=O) groups excluding carboxylic acids is 2. The lowest BCUT2D eigenvalue weighted by atomic mass is 9.81. The summed E-state index contributed by atoms with van der Waals surface area (Å²) in [6.45, 7) is 5.11. The number of halogens is 5. The molecule has 2 amide bonds. The number of rotatable bonds is 8. The third-order valence-electron chi connectivity index (χ3n) is 8.74. The number of nitrogens with one attached hydrogen (secondary N) is 2. The molecule has 3 aliphatic carbocycles. The number of hydrogen-bond acceptors (Lipinski definition) is 6. The predicted octanol–water partition coefficient (Wildman–Crippen LogP) is 6.31. The fraction of sp³-hybridized carbons (Fsp3) is 0.690.